The molecule has 0 spiro atoms. The van der Waals surface area contributed by atoms with E-state index in [1.165, 1.54) is 7.11 Å². The summed E-state index contributed by atoms with van der Waals surface area (Å²) in [5.41, 5.74) is 0.569. The third kappa shape index (κ3) is 3.13. The van der Waals surface area contributed by atoms with Crippen molar-refractivity contribution in [1.29, 1.82) is 0 Å². The van der Waals surface area contributed by atoms with E-state index < -0.39 is 0 Å². The number of aryl methyl sites for hydroxylation is 1. The number of hydrogen-bond donors (Lipinski definition) is 0. The molecular weight excluding hydrogens is 246 g/mol. The first-order chi connectivity index (χ1) is 9.11. The minimum Gasteiger partial charge on any atom is -0.469 e. The predicted octanol–water partition coefficient (Wildman–Crippen LogP) is 0.978. The number of rotatable bonds is 3. The van der Waals surface area contributed by atoms with Crippen LogP contribution in [0.4, 0.5) is 0 Å². The number of piperidine rings is 1. The molecule has 1 amide bonds. The molecule has 0 bridgehead atoms. The van der Waals surface area contributed by atoms with E-state index in [-0.39, 0.29) is 24.3 Å². The molecule has 0 N–H and O–H groups in total. The molecule has 1 aliphatic heterocycles. The molecule has 2 rings (SSSR count). The molecule has 0 aromatic carbocycles. The number of hydrogen-bond acceptors (Lipinski definition) is 4. The van der Waals surface area contributed by atoms with Crippen LogP contribution in [0.25, 0.3) is 0 Å². The maximum absolute atomic E-state index is 12.4. The Bertz CT molecular complexity index is 469. The third-order valence-electron chi connectivity index (χ3n) is 3.47. The highest BCUT2D eigenvalue weighted by Crippen LogP contribution is 2.22. The van der Waals surface area contributed by atoms with Crippen LogP contribution < -0.4 is 0 Å². The number of likely N-dealkylation sites (tertiary alicyclic amines) is 1. The minimum absolute atomic E-state index is 0.0540. The average Bonchev–Trinajstić information content (AvgIpc) is 2.85. The predicted molar refractivity (Wildman–Crippen MR) is 68.5 cm³/mol. The van der Waals surface area contributed by atoms with Crippen LogP contribution in [0.15, 0.2) is 12.4 Å². The van der Waals surface area contributed by atoms with Crippen LogP contribution in [-0.4, -0.2) is 46.3 Å². The molecule has 0 saturated carbocycles. The number of carbonyl (C=O) groups is 2. The van der Waals surface area contributed by atoms with Crippen LogP contribution in [0.5, 0.6) is 0 Å². The van der Waals surface area contributed by atoms with Crippen LogP contribution in [0.1, 0.15) is 36.0 Å². The Morgan fingerprint density at radius 2 is 2.26 bits per heavy atom. The largest absolute Gasteiger partial charge is 0.469 e. The highest BCUT2D eigenvalue weighted by atomic mass is 16.5. The zero-order chi connectivity index (χ0) is 13.8. The molecule has 19 heavy (non-hydrogen) atoms. The number of esters is 1. The summed E-state index contributed by atoms with van der Waals surface area (Å²) >= 11 is 0. The zero-order valence-electron chi connectivity index (χ0n) is 11.3. The summed E-state index contributed by atoms with van der Waals surface area (Å²) in [6.07, 6.45) is 6.39. The molecule has 1 unspecified atom stereocenters. The smallest absolute Gasteiger partial charge is 0.307 e. The van der Waals surface area contributed by atoms with Crippen LogP contribution in [0.3, 0.4) is 0 Å². The maximum atomic E-state index is 12.4. The van der Waals surface area contributed by atoms with Crippen LogP contribution >= 0.6 is 0 Å². The topological polar surface area (TPSA) is 64.4 Å². The van der Waals surface area contributed by atoms with E-state index in [4.69, 9.17) is 4.74 Å². The lowest BCUT2D eigenvalue weighted by molar-refractivity contribution is -0.142. The van der Waals surface area contributed by atoms with Gasteiger partial charge in [-0.25, -0.2) is 0 Å². The van der Waals surface area contributed by atoms with Gasteiger partial charge in [0.05, 0.1) is 25.3 Å². The fraction of sp³-hybridized carbons (Fsp3) is 0.615. The molecule has 6 heteroatoms. The molecule has 0 radical (unpaired) electrons. The monoisotopic (exact) mass is 265 g/mol. The molecule has 1 fully saturated rings. The molecule has 6 nitrogen and oxygen atoms in total. The first-order valence-corrected chi connectivity index (χ1v) is 6.48. The second-order valence-corrected chi connectivity index (χ2v) is 4.83. The summed E-state index contributed by atoms with van der Waals surface area (Å²) < 4.78 is 6.30. The third-order valence-corrected chi connectivity index (χ3v) is 3.47. The van der Waals surface area contributed by atoms with Crippen LogP contribution in [0.2, 0.25) is 0 Å². The summed E-state index contributed by atoms with van der Waals surface area (Å²) in [6, 6.07) is -0.0612. The molecule has 1 saturated heterocycles. The molecule has 104 valence electrons. The number of aromatic nitrogens is 2. The van der Waals surface area contributed by atoms with Gasteiger partial charge < -0.3 is 9.64 Å². The molecule has 1 atom stereocenters. The summed E-state index contributed by atoms with van der Waals surface area (Å²) in [5, 5.41) is 4.01. The van der Waals surface area contributed by atoms with E-state index in [0.717, 1.165) is 19.3 Å². The lowest BCUT2D eigenvalue weighted by atomic mass is 9.98. The van der Waals surface area contributed by atoms with Crippen LogP contribution in [0, 0.1) is 0 Å². The normalized spacial score (nSPS) is 19.3. The first-order valence-electron chi connectivity index (χ1n) is 6.48. The molecule has 1 aromatic rings. The van der Waals surface area contributed by atoms with Gasteiger partial charge in [-0.1, -0.05) is 0 Å². The molecular formula is C13H19N3O3. The van der Waals surface area contributed by atoms with E-state index in [1.807, 2.05) is 0 Å². The summed E-state index contributed by atoms with van der Waals surface area (Å²) in [6.45, 7) is 0.690. The Morgan fingerprint density at radius 1 is 1.47 bits per heavy atom. The van der Waals surface area contributed by atoms with Gasteiger partial charge in [-0.3, -0.25) is 14.3 Å². The van der Waals surface area contributed by atoms with E-state index in [1.54, 1.807) is 29.0 Å². The quantitative estimate of drug-likeness (QED) is 0.764. The van der Waals surface area contributed by atoms with Gasteiger partial charge in [-0.2, -0.15) is 5.10 Å². The molecule has 0 aliphatic carbocycles. The van der Waals surface area contributed by atoms with Crippen molar-refractivity contribution in [3.63, 3.8) is 0 Å². The lowest BCUT2D eigenvalue weighted by Crippen LogP contribution is -2.44. The van der Waals surface area contributed by atoms with Crippen molar-refractivity contribution in [3.8, 4) is 0 Å². The number of amides is 1. The lowest BCUT2D eigenvalue weighted by Gasteiger charge is -2.35. The molecule has 1 aliphatic rings. The van der Waals surface area contributed by atoms with Crippen molar-refractivity contribution < 1.29 is 14.3 Å². The van der Waals surface area contributed by atoms with Gasteiger partial charge in [0.2, 0.25) is 0 Å². The van der Waals surface area contributed by atoms with Crippen molar-refractivity contribution in [3.05, 3.63) is 18.0 Å². The van der Waals surface area contributed by atoms with Gasteiger partial charge in [0.15, 0.2) is 0 Å². The van der Waals surface area contributed by atoms with Crippen molar-refractivity contribution in [2.45, 2.75) is 31.7 Å². The van der Waals surface area contributed by atoms with Crippen molar-refractivity contribution in [2.75, 3.05) is 13.7 Å². The SMILES string of the molecule is COC(=O)CC1CCCCN1C(=O)c1cnn(C)c1. The fourth-order valence-electron chi connectivity index (χ4n) is 2.45. The average molecular weight is 265 g/mol. The Kier molecular flexibility index (Phi) is 4.19. The van der Waals surface area contributed by atoms with Crippen LogP contribution in [-0.2, 0) is 16.6 Å². The zero-order valence-corrected chi connectivity index (χ0v) is 11.3. The van der Waals surface area contributed by atoms with E-state index >= 15 is 0 Å². The first kappa shape index (κ1) is 13.6. The maximum Gasteiger partial charge on any atom is 0.307 e. The second kappa shape index (κ2) is 5.86. The molecule has 1 aromatic heterocycles. The van der Waals surface area contributed by atoms with E-state index in [0.29, 0.717) is 12.1 Å². The highest BCUT2D eigenvalue weighted by Gasteiger charge is 2.29. The van der Waals surface area contributed by atoms with Crippen molar-refractivity contribution in [1.82, 2.24) is 14.7 Å². The summed E-state index contributed by atoms with van der Waals surface area (Å²) in [7, 11) is 3.15. The highest BCUT2D eigenvalue weighted by molar-refractivity contribution is 5.94. The number of nitrogens with zero attached hydrogens (tertiary/aromatic N) is 3. The van der Waals surface area contributed by atoms with Crippen molar-refractivity contribution >= 4 is 11.9 Å². The summed E-state index contributed by atoms with van der Waals surface area (Å²) in [5.74, 6) is -0.322. The van der Waals surface area contributed by atoms with E-state index in [2.05, 4.69) is 5.10 Å². The van der Waals surface area contributed by atoms with E-state index in [9.17, 15) is 9.59 Å². The standard InChI is InChI=1S/C13H19N3O3/c1-15-9-10(8-14-15)13(18)16-6-4-3-5-11(16)7-12(17)19-2/h8-9,11H,3-7H2,1-2H3. The number of carbonyl (C=O) groups excluding carboxylic acids is 2. The van der Waals surface area contributed by atoms with Gasteiger partial charge in [0, 0.05) is 25.8 Å². The second-order valence-electron chi connectivity index (χ2n) is 4.83. The fourth-order valence-corrected chi connectivity index (χ4v) is 2.45. The van der Waals surface area contributed by atoms with Gasteiger partial charge in [0.1, 0.15) is 0 Å². The minimum atomic E-state index is -0.268. The van der Waals surface area contributed by atoms with Gasteiger partial charge >= 0.3 is 5.97 Å². The van der Waals surface area contributed by atoms with Gasteiger partial charge in [0.25, 0.3) is 5.91 Å². The number of ether oxygens (including phenoxy) is 1. The van der Waals surface area contributed by atoms with Crippen molar-refractivity contribution in [2.24, 2.45) is 7.05 Å². The molecule has 2 heterocycles. The Morgan fingerprint density at radius 3 is 2.89 bits per heavy atom. The Hall–Kier alpha value is -1.85. The number of methoxy groups -OCH3 is 1. The Balaban J connectivity index is 2.10. The van der Waals surface area contributed by atoms with Gasteiger partial charge in [-0.15, -0.1) is 0 Å². The Labute approximate surface area is 112 Å². The van der Waals surface area contributed by atoms with Gasteiger partial charge in [-0.05, 0) is 19.3 Å². The summed E-state index contributed by atoms with van der Waals surface area (Å²) in [4.78, 5) is 25.6.